The van der Waals surface area contributed by atoms with Gasteiger partial charge in [0.25, 0.3) is 0 Å². The monoisotopic (exact) mass is 485 g/mol. The number of hydrogen-bond acceptors (Lipinski definition) is 5. The van der Waals surface area contributed by atoms with E-state index in [1.54, 1.807) is 7.05 Å². The average Bonchev–Trinajstić information content (AvgIpc) is 3.17. The number of nitrogens with one attached hydrogen (secondary N) is 2. The fourth-order valence-corrected chi connectivity index (χ4v) is 2.96. The molecule has 1 unspecified atom stereocenters. The van der Waals surface area contributed by atoms with Crippen molar-refractivity contribution in [1.29, 1.82) is 0 Å². The van der Waals surface area contributed by atoms with Gasteiger partial charge in [0.15, 0.2) is 5.96 Å². The number of hydrogen-bond donors (Lipinski definition) is 2. The third kappa shape index (κ3) is 10.9. The maximum absolute atomic E-state index is 5.86. The van der Waals surface area contributed by atoms with Crippen LogP contribution in [0, 0.1) is 0 Å². The first-order chi connectivity index (χ1) is 12.4. The third-order valence-corrected chi connectivity index (χ3v) is 4.44. The Balaban J connectivity index is 0.00000338. The van der Waals surface area contributed by atoms with Gasteiger partial charge in [0.1, 0.15) is 0 Å². The molecule has 1 atom stereocenters. The van der Waals surface area contributed by atoms with Crippen LogP contribution < -0.4 is 10.6 Å². The van der Waals surface area contributed by atoms with E-state index in [0.717, 1.165) is 97.2 Å². The molecular weight excluding hydrogens is 449 g/mol. The summed E-state index contributed by atoms with van der Waals surface area (Å²) >= 11 is 0. The summed E-state index contributed by atoms with van der Waals surface area (Å²) in [7, 11) is 1.79. The molecule has 2 rings (SSSR count). The maximum Gasteiger partial charge on any atom is 0.190 e. The van der Waals surface area contributed by atoms with Crippen molar-refractivity contribution in [2.75, 3.05) is 59.8 Å². The number of halogens is 1. The maximum atomic E-state index is 5.86. The molecule has 2 saturated heterocycles. The molecule has 0 amide bonds. The Morgan fingerprint density at radius 2 is 1.77 bits per heavy atom. The number of rotatable bonds is 11. The smallest absolute Gasteiger partial charge is 0.190 e. The predicted molar refractivity (Wildman–Crippen MR) is 114 cm³/mol. The van der Waals surface area contributed by atoms with Crippen LogP contribution in [0.2, 0.25) is 0 Å². The highest BCUT2D eigenvalue weighted by Gasteiger charge is 2.15. The fraction of sp³-hybridized carbons (Fsp3) is 0.944. The third-order valence-electron chi connectivity index (χ3n) is 4.44. The van der Waals surface area contributed by atoms with Gasteiger partial charge in [-0.1, -0.05) is 0 Å². The lowest BCUT2D eigenvalue weighted by Crippen LogP contribution is -2.39. The van der Waals surface area contributed by atoms with E-state index in [-0.39, 0.29) is 24.0 Å². The predicted octanol–water partition coefficient (Wildman–Crippen LogP) is 1.94. The first kappa shape index (κ1) is 23.9. The number of nitrogens with zero attached hydrogens (tertiary/aromatic N) is 1. The average molecular weight is 485 g/mol. The van der Waals surface area contributed by atoms with Crippen molar-refractivity contribution >= 4 is 29.9 Å². The Hall–Kier alpha value is -0.160. The Kier molecular flexibility index (Phi) is 14.6. The van der Waals surface area contributed by atoms with Crippen LogP contribution in [0.4, 0.5) is 0 Å². The lowest BCUT2D eigenvalue weighted by Gasteiger charge is -2.22. The molecule has 8 heteroatoms. The molecule has 154 valence electrons. The molecule has 0 radical (unpaired) electrons. The molecular formula is C18H36IN3O4. The van der Waals surface area contributed by atoms with Crippen LogP contribution in [0.3, 0.4) is 0 Å². The molecule has 2 aliphatic rings. The summed E-state index contributed by atoms with van der Waals surface area (Å²) in [5.41, 5.74) is 0. The molecule has 0 spiro atoms. The second-order valence-corrected chi connectivity index (χ2v) is 6.53. The first-order valence-corrected chi connectivity index (χ1v) is 9.71. The zero-order valence-corrected chi connectivity index (χ0v) is 18.4. The molecule has 7 nitrogen and oxygen atoms in total. The van der Waals surface area contributed by atoms with E-state index >= 15 is 0 Å². The van der Waals surface area contributed by atoms with Crippen molar-refractivity contribution in [3.8, 4) is 0 Å². The molecule has 0 aromatic heterocycles. The summed E-state index contributed by atoms with van der Waals surface area (Å²) in [6, 6.07) is 0. The van der Waals surface area contributed by atoms with Gasteiger partial charge in [0.05, 0.1) is 18.8 Å². The Morgan fingerprint density at radius 3 is 2.42 bits per heavy atom. The SMILES string of the molecule is CN=C(NCCCOCC1CCCO1)NCCCOC1CCOCC1.I. The lowest BCUT2D eigenvalue weighted by atomic mass is 10.1. The standard InChI is InChI=1S/C18H35N3O4.HI/c1-19-18(20-8-3-10-23-15-17-5-2-11-25-17)21-9-4-12-24-16-6-13-22-14-7-16;/h16-17H,2-15H2,1H3,(H2,19,20,21);1H. The summed E-state index contributed by atoms with van der Waals surface area (Å²) in [6.45, 7) is 6.52. The van der Waals surface area contributed by atoms with E-state index in [4.69, 9.17) is 18.9 Å². The normalized spacial score (nSPS) is 21.4. The highest BCUT2D eigenvalue weighted by atomic mass is 127. The molecule has 2 heterocycles. The largest absolute Gasteiger partial charge is 0.381 e. The second kappa shape index (κ2) is 15.9. The molecule has 2 fully saturated rings. The molecule has 2 aliphatic heterocycles. The Morgan fingerprint density at radius 1 is 1.04 bits per heavy atom. The van der Waals surface area contributed by atoms with Gasteiger partial charge in [0.2, 0.25) is 0 Å². The highest BCUT2D eigenvalue weighted by molar-refractivity contribution is 14.0. The van der Waals surface area contributed by atoms with Gasteiger partial charge < -0.3 is 29.6 Å². The van der Waals surface area contributed by atoms with Crippen molar-refractivity contribution in [3.05, 3.63) is 0 Å². The molecule has 0 bridgehead atoms. The Bertz CT molecular complexity index is 362. The van der Waals surface area contributed by atoms with Gasteiger partial charge in [-0.2, -0.15) is 0 Å². The zero-order chi connectivity index (χ0) is 17.6. The van der Waals surface area contributed by atoms with Gasteiger partial charge >= 0.3 is 0 Å². The van der Waals surface area contributed by atoms with Crippen LogP contribution in [0.25, 0.3) is 0 Å². The summed E-state index contributed by atoms with van der Waals surface area (Å²) < 4.78 is 22.4. The molecule has 0 saturated carbocycles. The van der Waals surface area contributed by atoms with E-state index < -0.39 is 0 Å². The molecule has 2 N–H and O–H groups in total. The van der Waals surface area contributed by atoms with Crippen LogP contribution in [0.5, 0.6) is 0 Å². The van der Waals surface area contributed by atoms with Gasteiger partial charge in [0, 0.05) is 53.2 Å². The minimum absolute atomic E-state index is 0. The van der Waals surface area contributed by atoms with Crippen LogP contribution in [-0.2, 0) is 18.9 Å². The van der Waals surface area contributed by atoms with Gasteiger partial charge in [-0.25, -0.2) is 0 Å². The summed E-state index contributed by atoms with van der Waals surface area (Å²) in [4.78, 5) is 4.23. The summed E-state index contributed by atoms with van der Waals surface area (Å²) in [6.07, 6.45) is 6.96. The van der Waals surface area contributed by atoms with E-state index in [0.29, 0.717) is 12.2 Å². The van der Waals surface area contributed by atoms with Crippen LogP contribution in [-0.4, -0.2) is 77.9 Å². The molecule has 0 aromatic carbocycles. The van der Waals surface area contributed by atoms with E-state index in [2.05, 4.69) is 15.6 Å². The van der Waals surface area contributed by atoms with Crippen LogP contribution in [0.1, 0.15) is 38.5 Å². The van der Waals surface area contributed by atoms with Crippen molar-refractivity contribution in [2.24, 2.45) is 4.99 Å². The quantitative estimate of drug-likeness (QED) is 0.202. The number of ether oxygens (including phenoxy) is 4. The topological polar surface area (TPSA) is 73.3 Å². The summed E-state index contributed by atoms with van der Waals surface area (Å²) in [5, 5.41) is 6.62. The summed E-state index contributed by atoms with van der Waals surface area (Å²) in [5.74, 6) is 0.838. The van der Waals surface area contributed by atoms with Crippen molar-refractivity contribution in [1.82, 2.24) is 10.6 Å². The molecule has 0 aliphatic carbocycles. The van der Waals surface area contributed by atoms with Crippen molar-refractivity contribution in [3.63, 3.8) is 0 Å². The number of aliphatic imine (C=N–C) groups is 1. The fourth-order valence-electron chi connectivity index (χ4n) is 2.96. The lowest BCUT2D eigenvalue weighted by molar-refractivity contribution is -0.0320. The van der Waals surface area contributed by atoms with E-state index in [1.165, 1.54) is 0 Å². The second-order valence-electron chi connectivity index (χ2n) is 6.53. The zero-order valence-electron chi connectivity index (χ0n) is 16.0. The number of guanidine groups is 1. The van der Waals surface area contributed by atoms with Crippen molar-refractivity contribution < 1.29 is 18.9 Å². The van der Waals surface area contributed by atoms with E-state index in [1.807, 2.05) is 0 Å². The minimum Gasteiger partial charge on any atom is -0.381 e. The minimum atomic E-state index is 0. The molecule has 0 aromatic rings. The van der Waals surface area contributed by atoms with Gasteiger partial charge in [-0.3, -0.25) is 4.99 Å². The Labute approximate surface area is 175 Å². The molecule has 26 heavy (non-hydrogen) atoms. The van der Waals surface area contributed by atoms with Crippen molar-refractivity contribution in [2.45, 2.75) is 50.7 Å². The van der Waals surface area contributed by atoms with Gasteiger partial charge in [-0.15, -0.1) is 24.0 Å². The van der Waals surface area contributed by atoms with Gasteiger partial charge in [-0.05, 0) is 38.5 Å². The first-order valence-electron chi connectivity index (χ1n) is 9.71. The van der Waals surface area contributed by atoms with Crippen LogP contribution >= 0.6 is 24.0 Å². The highest BCUT2D eigenvalue weighted by Crippen LogP contribution is 2.12. The van der Waals surface area contributed by atoms with E-state index in [9.17, 15) is 0 Å². The van der Waals surface area contributed by atoms with Crippen LogP contribution in [0.15, 0.2) is 4.99 Å².